The number of thioether (sulfide) groups is 1. The molecule has 0 spiro atoms. The maximum Gasteiger partial charge on any atom is 0.244 e. The number of hydrogen-bond acceptors (Lipinski definition) is 9. The van der Waals surface area contributed by atoms with Crippen LogP contribution >= 0.6 is 11.8 Å². The number of nitrogens with one attached hydrogen (secondary N) is 6. The van der Waals surface area contributed by atoms with Crippen molar-refractivity contribution in [2.75, 3.05) is 18.1 Å². The highest BCUT2D eigenvalue weighted by molar-refractivity contribution is 7.99. The van der Waals surface area contributed by atoms with Crippen LogP contribution in [0.15, 0.2) is 0 Å². The van der Waals surface area contributed by atoms with Crippen LogP contribution in [0.5, 0.6) is 0 Å². The van der Waals surface area contributed by atoms with Crippen LogP contribution in [-0.2, 0) is 33.6 Å². The molecule has 0 aliphatic carbocycles. The van der Waals surface area contributed by atoms with Crippen molar-refractivity contribution in [1.29, 1.82) is 0 Å². The number of rotatable bonds is 5. The van der Waals surface area contributed by atoms with Gasteiger partial charge in [-0.3, -0.25) is 33.6 Å². The van der Waals surface area contributed by atoms with E-state index in [0.29, 0.717) is 0 Å². The first-order valence-electron chi connectivity index (χ1n) is 11.1. The number of carbonyl (C=O) groups is 7. The molecular weight excluding hydrogens is 496 g/mol. The first kappa shape index (κ1) is 30.6. The summed E-state index contributed by atoms with van der Waals surface area (Å²) >= 11 is 1.04. The zero-order chi connectivity index (χ0) is 27.6. The Labute approximate surface area is 212 Å². The lowest BCUT2D eigenvalue weighted by Gasteiger charge is -2.25. The minimum atomic E-state index is -1.18. The van der Waals surface area contributed by atoms with Gasteiger partial charge in [-0.1, -0.05) is 0 Å². The van der Waals surface area contributed by atoms with E-state index in [4.69, 9.17) is 11.5 Å². The lowest BCUT2D eigenvalue weighted by atomic mass is 10.2. The molecule has 10 N–H and O–H groups in total. The number of nitrogens with two attached hydrogens (primary N) is 2. The van der Waals surface area contributed by atoms with Crippen molar-refractivity contribution in [1.82, 2.24) is 31.9 Å². The van der Waals surface area contributed by atoms with Gasteiger partial charge in [-0.2, -0.15) is 11.8 Å². The van der Waals surface area contributed by atoms with Gasteiger partial charge in [-0.15, -0.1) is 0 Å². The highest BCUT2D eigenvalue weighted by Gasteiger charge is 2.30. The molecule has 0 radical (unpaired) electrons. The van der Waals surface area contributed by atoms with Crippen molar-refractivity contribution in [3.63, 3.8) is 0 Å². The molecular formula is C20H34N8O7S. The molecule has 1 aliphatic rings. The lowest BCUT2D eigenvalue weighted by molar-refractivity contribution is -0.133. The fourth-order valence-corrected chi connectivity index (χ4v) is 3.79. The van der Waals surface area contributed by atoms with E-state index >= 15 is 0 Å². The van der Waals surface area contributed by atoms with E-state index in [9.17, 15) is 33.6 Å². The normalized spacial score (nSPS) is 26.2. The zero-order valence-corrected chi connectivity index (χ0v) is 21.3. The van der Waals surface area contributed by atoms with Crippen molar-refractivity contribution >= 4 is 53.1 Å². The summed E-state index contributed by atoms with van der Waals surface area (Å²) in [5.41, 5.74) is 10.8. The molecule has 0 aromatic carbocycles. The summed E-state index contributed by atoms with van der Waals surface area (Å²) in [6.45, 7) is 5.09. The fourth-order valence-electron chi connectivity index (χ4n) is 2.71. The SMILES string of the molecule is C[C@H](N)C(=O)N[C@H]1CSC[C@@H](C(=O)N[C@@H](C)C(N)=O)NC(=O)[C@H](C)NC(=O)CNC(=O)[C@H](C)NC1=O. The van der Waals surface area contributed by atoms with Crippen LogP contribution < -0.4 is 43.4 Å². The van der Waals surface area contributed by atoms with Gasteiger partial charge in [0, 0.05) is 11.5 Å². The molecule has 0 aromatic rings. The third-order valence-corrected chi connectivity index (χ3v) is 6.12. The quantitative estimate of drug-likeness (QED) is 0.170. The van der Waals surface area contributed by atoms with Crippen LogP contribution in [0, 0.1) is 0 Å². The molecule has 1 heterocycles. The number of primary amides is 1. The van der Waals surface area contributed by atoms with Crippen molar-refractivity contribution in [2.24, 2.45) is 11.5 Å². The zero-order valence-electron chi connectivity index (χ0n) is 20.5. The van der Waals surface area contributed by atoms with E-state index < -0.39 is 84.1 Å². The van der Waals surface area contributed by atoms with E-state index in [1.54, 1.807) is 0 Å². The molecule has 1 fully saturated rings. The third-order valence-electron chi connectivity index (χ3n) is 4.98. The molecule has 1 aliphatic heterocycles. The Hall–Kier alpha value is -3.40. The van der Waals surface area contributed by atoms with Gasteiger partial charge < -0.3 is 43.4 Å². The predicted octanol–water partition coefficient (Wildman–Crippen LogP) is -4.83. The summed E-state index contributed by atoms with van der Waals surface area (Å²) in [5.74, 6) is -4.99. The van der Waals surface area contributed by atoms with E-state index in [1.807, 2.05) is 0 Å². The van der Waals surface area contributed by atoms with Crippen molar-refractivity contribution in [2.45, 2.75) is 63.9 Å². The van der Waals surface area contributed by atoms with E-state index in [2.05, 4.69) is 31.9 Å². The van der Waals surface area contributed by atoms with Gasteiger partial charge in [-0.05, 0) is 27.7 Å². The van der Waals surface area contributed by atoms with Crippen LogP contribution in [0.3, 0.4) is 0 Å². The lowest BCUT2D eigenvalue weighted by Crippen LogP contribution is -2.58. The van der Waals surface area contributed by atoms with Gasteiger partial charge in [0.05, 0.1) is 12.6 Å². The van der Waals surface area contributed by atoms with E-state index in [1.165, 1.54) is 27.7 Å². The van der Waals surface area contributed by atoms with Gasteiger partial charge in [0.1, 0.15) is 30.2 Å². The highest BCUT2D eigenvalue weighted by Crippen LogP contribution is 2.08. The van der Waals surface area contributed by atoms with Crippen molar-refractivity contribution in [3.05, 3.63) is 0 Å². The minimum Gasteiger partial charge on any atom is -0.368 e. The summed E-state index contributed by atoms with van der Waals surface area (Å²) in [6.07, 6.45) is 0. The maximum atomic E-state index is 12.8. The van der Waals surface area contributed by atoms with Gasteiger partial charge in [0.15, 0.2) is 0 Å². The first-order chi connectivity index (χ1) is 16.7. The average molecular weight is 531 g/mol. The second kappa shape index (κ2) is 14.2. The van der Waals surface area contributed by atoms with Gasteiger partial charge in [0.2, 0.25) is 41.4 Å². The van der Waals surface area contributed by atoms with Crippen LogP contribution in [0.1, 0.15) is 27.7 Å². The molecule has 1 saturated heterocycles. The topological polar surface area (TPSA) is 244 Å². The standard InChI is InChI=1S/C20H34N8O7S/c1-8(21)16(31)27-12-6-36-7-13(19(34)25-9(2)15(22)30)28-18(33)11(4)24-14(29)5-23-17(32)10(3)26-20(12)35/h8-13H,5-7,21H2,1-4H3,(H2,22,30)(H,23,32)(H,24,29)(H,25,34)(H,26,35)(H,27,31)(H,28,33)/t8-,9-,10-,11-,12-,13-/m0/s1. The molecule has 0 aromatic heterocycles. The largest absolute Gasteiger partial charge is 0.368 e. The Morgan fingerprint density at radius 1 is 0.944 bits per heavy atom. The van der Waals surface area contributed by atoms with Crippen molar-refractivity contribution in [3.8, 4) is 0 Å². The minimum absolute atomic E-state index is 0.0457. The second-order valence-electron chi connectivity index (χ2n) is 8.32. The fraction of sp³-hybridized carbons (Fsp3) is 0.650. The number of hydrogen-bond donors (Lipinski definition) is 8. The van der Waals surface area contributed by atoms with Crippen LogP contribution in [0.25, 0.3) is 0 Å². The third kappa shape index (κ3) is 10.1. The van der Waals surface area contributed by atoms with E-state index in [0.717, 1.165) is 11.8 Å². The van der Waals surface area contributed by atoms with Crippen LogP contribution in [0.4, 0.5) is 0 Å². The Balaban J connectivity index is 3.18. The summed E-state index contributed by atoms with van der Waals surface area (Å²) in [4.78, 5) is 86.0. The molecule has 36 heavy (non-hydrogen) atoms. The molecule has 0 unspecified atom stereocenters. The Bertz CT molecular complexity index is 884. The van der Waals surface area contributed by atoms with Gasteiger partial charge in [-0.25, -0.2) is 0 Å². The molecule has 0 saturated carbocycles. The van der Waals surface area contributed by atoms with E-state index in [-0.39, 0.29) is 11.5 Å². The molecule has 7 amide bonds. The van der Waals surface area contributed by atoms with Crippen LogP contribution in [0.2, 0.25) is 0 Å². The summed E-state index contributed by atoms with van der Waals surface area (Å²) in [6, 6.07) is -6.37. The monoisotopic (exact) mass is 530 g/mol. The van der Waals surface area contributed by atoms with Gasteiger partial charge in [0.25, 0.3) is 0 Å². The average Bonchev–Trinajstić information content (AvgIpc) is 2.79. The number of amides is 7. The summed E-state index contributed by atoms with van der Waals surface area (Å²) in [5, 5.41) is 14.5. The first-order valence-corrected chi connectivity index (χ1v) is 12.3. The molecule has 15 nitrogen and oxygen atoms in total. The molecule has 1 rings (SSSR count). The molecule has 6 atom stereocenters. The molecule has 0 bridgehead atoms. The molecule has 202 valence electrons. The summed E-state index contributed by atoms with van der Waals surface area (Å²) < 4.78 is 0. The van der Waals surface area contributed by atoms with Crippen molar-refractivity contribution < 1.29 is 33.6 Å². The number of carbonyl (C=O) groups excluding carboxylic acids is 7. The Kier molecular flexibility index (Phi) is 12.1. The van der Waals surface area contributed by atoms with Gasteiger partial charge >= 0.3 is 0 Å². The maximum absolute atomic E-state index is 12.8. The smallest absolute Gasteiger partial charge is 0.244 e. The Morgan fingerprint density at radius 3 is 2.14 bits per heavy atom. The Morgan fingerprint density at radius 2 is 1.56 bits per heavy atom. The molecule has 16 heteroatoms. The predicted molar refractivity (Wildman–Crippen MR) is 130 cm³/mol. The second-order valence-corrected chi connectivity index (χ2v) is 9.39. The highest BCUT2D eigenvalue weighted by atomic mass is 32.2. The van der Waals surface area contributed by atoms with Crippen LogP contribution in [-0.4, -0.2) is 95.7 Å². The summed E-state index contributed by atoms with van der Waals surface area (Å²) in [7, 11) is 0.